The van der Waals surface area contributed by atoms with Gasteiger partial charge in [-0.1, -0.05) is 60.7 Å². The van der Waals surface area contributed by atoms with Crippen LogP contribution in [0.4, 0.5) is 0 Å². The number of nitrogens with two attached hydrogens (primary N) is 1. The minimum absolute atomic E-state index is 0.423. The quantitative estimate of drug-likeness (QED) is 0.801. The van der Waals surface area contributed by atoms with Crippen LogP contribution in [0.1, 0.15) is 30.0 Å². The van der Waals surface area contributed by atoms with Gasteiger partial charge in [-0.05, 0) is 50.5 Å². The zero-order chi connectivity index (χ0) is 14.9. The molecule has 2 N–H and O–H groups in total. The van der Waals surface area contributed by atoms with Gasteiger partial charge in [-0.25, -0.2) is 0 Å². The van der Waals surface area contributed by atoms with Crippen molar-refractivity contribution in [3.63, 3.8) is 0 Å². The number of benzene rings is 2. The Morgan fingerprint density at radius 2 is 1.57 bits per heavy atom. The highest BCUT2D eigenvalue weighted by atomic mass is 15.1. The van der Waals surface area contributed by atoms with Gasteiger partial charge in [0.1, 0.15) is 0 Å². The molecule has 2 heteroatoms. The third kappa shape index (κ3) is 5.00. The number of rotatable bonds is 8. The lowest BCUT2D eigenvalue weighted by Gasteiger charge is -2.28. The molecule has 1 atom stereocenters. The first-order valence-electron chi connectivity index (χ1n) is 7.80. The molecule has 0 radical (unpaired) electrons. The summed E-state index contributed by atoms with van der Waals surface area (Å²) < 4.78 is 0. The summed E-state index contributed by atoms with van der Waals surface area (Å²) >= 11 is 0. The molecule has 0 amide bonds. The maximum Gasteiger partial charge on any atom is 0.0357 e. The lowest BCUT2D eigenvalue weighted by atomic mass is 10.0. The molecular formula is C19H26N2. The van der Waals surface area contributed by atoms with E-state index in [4.69, 9.17) is 5.73 Å². The Bertz CT molecular complexity index is 495. The van der Waals surface area contributed by atoms with Crippen LogP contribution in [-0.2, 0) is 6.42 Å². The van der Waals surface area contributed by atoms with Crippen molar-refractivity contribution < 1.29 is 0 Å². The van der Waals surface area contributed by atoms with Crippen LogP contribution in [0.15, 0.2) is 60.7 Å². The van der Waals surface area contributed by atoms with Crippen LogP contribution >= 0.6 is 0 Å². The second-order valence-electron chi connectivity index (χ2n) is 5.57. The summed E-state index contributed by atoms with van der Waals surface area (Å²) in [6.45, 7) is 1.82. The van der Waals surface area contributed by atoms with E-state index in [9.17, 15) is 0 Å². The third-order valence-electron chi connectivity index (χ3n) is 3.98. The molecule has 0 aliphatic rings. The van der Waals surface area contributed by atoms with E-state index >= 15 is 0 Å². The molecule has 2 nitrogen and oxygen atoms in total. The van der Waals surface area contributed by atoms with E-state index in [2.05, 4.69) is 72.6 Å². The molecule has 0 spiro atoms. The number of hydrogen-bond acceptors (Lipinski definition) is 2. The van der Waals surface area contributed by atoms with Crippen molar-refractivity contribution in [3.05, 3.63) is 71.8 Å². The van der Waals surface area contributed by atoms with E-state index in [1.54, 1.807) is 0 Å². The van der Waals surface area contributed by atoms with Crippen molar-refractivity contribution in [2.45, 2.75) is 25.3 Å². The first-order valence-corrected chi connectivity index (χ1v) is 7.80. The van der Waals surface area contributed by atoms with Gasteiger partial charge < -0.3 is 5.73 Å². The second-order valence-corrected chi connectivity index (χ2v) is 5.57. The SMILES string of the molecule is CN(CCCc1ccccc1)C(CCN)c1ccccc1. The van der Waals surface area contributed by atoms with Gasteiger partial charge in [0.2, 0.25) is 0 Å². The topological polar surface area (TPSA) is 29.3 Å². The molecule has 21 heavy (non-hydrogen) atoms. The average Bonchev–Trinajstić information content (AvgIpc) is 2.54. The predicted molar refractivity (Wildman–Crippen MR) is 90.2 cm³/mol. The summed E-state index contributed by atoms with van der Waals surface area (Å²) in [5.74, 6) is 0. The Morgan fingerprint density at radius 1 is 0.952 bits per heavy atom. The third-order valence-corrected chi connectivity index (χ3v) is 3.98. The molecule has 2 aromatic carbocycles. The van der Waals surface area contributed by atoms with Crippen molar-refractivity contribution in [1.29, 1.82) is 0 Å². The molecule has 0 fully saturated rings. The van der Waals surface area contributed by atoms with E-state index < -0.39 is 0 Å². The molecule has 0 bridgehead atoms. The maximum atomic E-state index is 5.80. The molecule has 0 heterocycles. The standard InChI is InChI=1S/C19H26N2/c1-21(16-8-11-17-9-4-2-5-10-17)19(14-15-20)18-12-6-3-7-13-18/h2-7,9-10,12-13,19H,8,11,14-16,20H2,1H3. The van der Waals surface area contributed by atoms with Crippen LogP contribution in [0, 0.1) is 0 Å². The van der Waals surface area contributed by atoms with Crippen molar-refractivity contribution in [3.8, 4) is 0 Å². The van der Waals surface area contributed by atoms with Gasteiger partial charge >= 0.3 is 0 Å². The Labute approximate surface area is 128 Å². The van der Waals surface area contributed by atoms with E-state index in [0.29, 0.717) is 6.04 Å². The summed E-state index contributed by atoms with van der Waals surface area (Å²) in [5, 5.41) is 0. The van der Waals surface area contributed by atoms with E-state index in [1.807, 2.05) is 0 Å². The molecule has 0 saturated heterocycles. The van der Waals surface area contributed by atoms with Crippen LogP contribution in [0.5, 0.6) is 0 Å². The maximum absolute atomic E-state index is 5.80. The summed E-state index contributed by atoms with van der Waals surface area (Å²) in [7, 11) is 2.21. The summed E-state index contributed by atoms with van der Waals surface area (Å²) in [4.78, 5) is 2.44. The zero-order valence-electron chi connectivity index (χ0n) is 12.9. The molecular weight excluding hydrogens is 256 g/mol. The summed E-state index contributed by atoms with van der Waals surface area (Å²) in [6.07, 6.45) is 3.32. The highest BCUT2D eigenvalue weighted by Gasteiger charge is 2.15. The number of hydrogen-bond donors (Lipinski definition) is 1. The molecule has 2 rings (SSSR count). The Morgan fingerprint density at radius 3 is 2.19 bits per heavy atom. The smallest absolute Gasteiger partial charge is 0.0357 e. The van der Waals surface area contributed by atoms with Gasteiger partial charge in [0.05, 0.1) is 0 Å². The minimum atomic E-state index is 0.423. The molecule has 0 aromatic heterocycles. The molecule has 112 valence electrons. The van der Waals surface area contributed by atoms with E-state index in [0.717, 1.165) is 25.9 Å². The van der Waals surface area contributed by atoms with Crippen LogP contribution < -0.4 is 5.73 Å². The van der Waals surface area contributed by atoms with Crippen molar-refractivity contribution in [2.24, 2.45) is 5.73 Å². The monoisotopic (exact) mass is 282 g/mol. The van der Waals surface area contributed by atoms with Crippen LogP contribution in [0.2, 0.25) is 0 Å². The first-order chi connectivity index (χ1) is 10.3. The molecule has 0 aliphatic heterocycles. The Hall–Kier alpha value is -1.64. The normalized spacial score (nSPS) is 12.5. The van der Waals surface area contributed by atoms with E-state index in [-0.39, 0.29) is 0 Å². The first kappa shape index (κ1) is 15.7. The second kappa shape index (κ2) is 8.60. The zero-order valence-corrected chi connectivity index (χ0v) is 12.9. The largest absolute Gasteiger partial charge is 0.330 e. The van der Waals surface area contributed by atoms with Crippen LogP contribution in [0.25, 0.3) is 0 Å². The number of nitrogens with zero attached hydrogens (tertiary/aromatic N) is 1. The number of aryl methyl sites for hydroxylation is 1. The molecule has 0 saturated carbocycles. The van der Waals surface area contributed by atoms with Crippen LogP contribution in [0.3, 0.4) is 0 Å². The summed E-state index contributed by atoms with van der Waals surface area (Å²) in [6, 6.07) is 21.8. The highest BCUT2D eigenvalue weighted by molar-refractivity contribution is 5.19. The Balaban J connectivity index is 1.88. The van der Waals surface area contributed by atoms with Crippen molar-refractivity contribution in [2.75, 3.05) is 20.1 Å². The fourth-order valence-electron chi connectivity index (χ4n) is 2.81. The van der Waals surface area contributed by atoms with Crippen molar-refractivity contribution in [1.82, 2.24) is 4.90 Å². The fourth-order valence-corrected chi connectivity index (χ4v) is 2.81. The van der Waals surface area contributed by atoms with Gasteiger partial charge in [-0.2, -0.15) is 0 Å². The predicted octanol–water partition coefficient (Wildman–Crippen LogP) is 3.64. The minimum Gasteiger partial charge on any atom is -0.330 e. The molecule has 1 unspecified atom stereocenters. The lowest BCUT2D eigenvalue weighted by molar-refractivity contribution is 0.232. The molecule has 2 aromatic rings. The fraction of sp³-hybridized carbons (Fsp3) is 0.368. The Kier molecular flexibility index (Phi) is 6.45. The average molecular weight is 282 g/mol. The van der Waals surface area contributed by atoms with E-state index in [1.165, 1.54) is 17.5 Å². The highest BCUT2D eigenvalue weighted by Crippen LogP contribution is 2.22. The molecule has 0 aliphatic carbocycles. The van der Waals surface area contributed by atoms with Gasteiger partial charge in [-0.15, -0.1) is 0 Å². The van der Waals surface area contributed by atoms with Gasteiger partial charge in [0.15, 0.2) is 0 Å². The summed E-state index contributed by atoms with van der Waals surface area (Å²) in [5.41, 5.74) is 8.58. The van der Waals surface area contributed by atoms with Gasteiger partial charge in [0, 0.05) is 6.04 Å². The van der Waals surface area contributed by atoms with Crippen LogP contribution in [-0.4, -0.2) is 25.0 Å². The van der Waals surface area contributed by atoms with Gasteiger partial charge in [0.25, 0.3) is 0 Å². The van der Waals surface area contributed by atoms with Crippen molar-refractivity contribution >= 4 is 0 Å². The lowest BCUT2D eigenvalue weighted by Crippen LogP contribution is -2.28. The van der Waals surface area contributed by atoms with Gasteiger partial charge in [-0.3, -0.25) is 4.90 Å².